The molecule has 4 atom stereocenters. The molecule has 2 saturated heterocycles. The molecule has 2 aliphatic carbocycles. The molecule has 274 valence electrons. The van der Waals surface area contributed by atoms with Gasteiger partial charge in [-0.25, -0.2) is 4.72 Å². The van der Waals surface area contributed by atoms with Gasteiger partial charge in [0, 0.05) is 60.7 Å². The summed E-state index contributed by atoms with van der Waals surface area (Å²) in [4.78, 5) is 30.9. The lowest BCUT2D eigenvalue weighted by atomic mass is 9.68. The van der Waals surface area contributed by atoms with Crippen LogP contribution in [-0.2, 0) is 21.5 Å². The number of ether oxygens (including phenoxy) is 1. The highest BCUT2D eigenvalue weighted by Gasteiger charge is 2.66. The fourth-order valence-corrected chi connectivity index (χ4v) is 10.7. The highest BCUT2D eigenvalue weighted by Crippen LogP contribution is 2.67. The zero-order valence-electron chi connectivity index (χ0n) is 30.8. The van der Waals surface area contributed by atoms with Crippen molar-refractivity contribution in [3.63, 3.8) is 0 Å². The minimum Gasteiger partial charge on any atom is -0.497 e. The van der Waals surface area contributed by atoms with E-state index in [0.29, 0.717) is 31.7 Å². The number of carbonyl (C=O) groups is 2. The van der Waals surface area contributed by atoms with E-state index < -0.39 is 27.1 Å². The molecule has 1 aromatic heterocycles. The van der Waals surface area contributed by atoms with Crippen molar-refractivity contribution in [3.05, 3.63) is 53.1 Å². The van der Waals surface area contributed by atoms with Crippen LogP contribution in [0.25, 0.3) is 22.2 Å². The zero-order chi connectivity index (χ0) is 36.2. The number of aromatic nitrogens is 1. The average molecular weight is 717 g/mol. The van der Waals surface area contributed by atoms with Crippen LogP contribution >= 0.6 is 0 Å². The van der Waals surface area contributed by atoms with Crippen LogP contribution in [0.3, 0.4) is 0 Å². The van der Waals surface area contributed by atoms with E-state index in [-0.39, 0.29) is 34.9 Å². The third-order valence-electron chi connectivity index (χ3n) is 13.3. The summed E-state index contributed by atoms with van der Waals surface area (Å²) in [5.74, 6) is 0.578. The normalized spacial score (nSPS) is 28.9. The Labute approximate surface area is 301 Å². The van der Waals surface area contributed by atoms with Crippen molar-refractivity contribution in [1.82, 2.24) is 18.5 Å². The van der Waals surface area contributed by atoms with Crippen LogP contribution in [0.15, 0.2) is 36.4 Å². The Kier molecular flexibility index (Phi) is 8.02. The van der Waals surface area contributed by atoms with Gasteiger partial charge in [-0.15, -0.1) is 0 Å². The van der Waals surface area contributed by atoms with Gasteiger partial charge in [0.05, 0.1) is 23.8 Å². The minimum absolute atomic E-state index is 0.00301. The second-order valence-electron chi connectivity index (χ2n) is 17.3. The fraction of sp³-hybridized carbons (Fsp3) is 0.600. The van der Waals surface area contributed by atoms with E-state index in [1.165, 1.54) is 26.1 Å². The Bertz CT molecular complexity index is 2030. The Morgan fingerprint density at radius 3 is 2.27 bits per heavy atom. The number of carbonyl (C=O) groups excluding carboxylic acids is 2. The van der Waals surface area contributed by atoms with Gasteiger partial charge in [0.1, 0.15) is 5.75 Å². The van der Waals surface area contributed by atoms with Gasteiger partial charge in [-0.3, -0.25) is 9.59 Å². The van der Waals surface area contributed by atoms with Gasteiger partial charge in [0.15, 0.2) is 0 Å². The van der Waals surface area contributed by atoms with E-state index in [1.807, 2.05) is 18.2 Å². The number of fused-ring (bicyclic) bond motifs is 9. The lowest BCUT2D eigenvalue weighted by Crippen LogP contribution is -2.59. The Morgan fingerprint density at radius 1 is 0.961 bits per heavy atom. The summed E-state index contributed by atoms with van der Waals surface area (Å²) in [6, 6.07) is 11.8. The molecule has 2 amide bonds. The third-order valence-corrected chi connectivity index (χ3v) is 14.7. The van der Waals surface area contributed by atoms with Gasteiger partial charge in [-0.05, 0) is 97.7 Å². The molecule has 3 aromatic rings. The van der Waals surface area contributed by atoms with Crippen molar-refractivity contribution < 1.29 is 27.9 Å². The number of aliphatic hydroxyl groups is 1. The van der Waals surface area contributed by atoms with Crippen molar-refractivity contribution in [2.45, 2.75) is 121 Å². The topological polar surface area (TPSA) is 121 Å². The van der Waals surface area contributed by atoms with E-state index in [4.69, 9.17) is 4.74 Å². The average Bonchev–Trinajstić information content (AvgIpc) is 3.67. The largest absolute Gasteiger partial charge is 0.497 e. The Balaban J connectivity index is 1.29. The monoisotopic (exact) mass is 716 g/mol. The first kappa shape index (κ1) is 34.7. The lowest BCUT2D eigenvalue weighted by molar-refractivity contribution is -0.157. The number of amides is 2. The van der Waals surface area contributed by atoms with E-state index in [0.717, 1.165) is 76.3 Å². The van der Waals surface area contributed by atoms with Crippen molar-refractivity contribution in [2.24, 2.45) is 10.8 Å². The van der Waals surface area contributed by atoms with E-state index in [2.05, 4.69) is 47.1 Å². The van der Waals surface area contributed by atoms with Crippen LogP contribution in [0, 0.1) is 10.8 Å². The number of hydrogen-bond donors (Lipinski definition) is 2. The summed E-state index contributed by atoms with van der Waals surface area (Å²) >= 11 is 0. The summed E-state index contributed by atoms with van der Waals surface area (Å²) in [5.41, 5.74) is 3.92. The molecule has 2 aromatic carbocycles. The minimum atomic E-state index is -3.99. The molecule has 4 heterocycles. The third kappa shape index (κ3) is 5.35. The quantitative estimate of drug-likeness (QED) is 0.308. The van der Waals surface area contributed by atoms with E-state index >= 15 is 4.79 Å². The van der Waals surface area contributed by atoms with Gasteiger partial charge in [0.2, 0.25) is 5.91 Å². The molecule has 0 radical (unpaired) electrons. The lowest BCUT2D eigenvalue weighted by Gasteiger charge is -2.50. The van der Waals surface area contributed by atoms with Crippen LogP contribution in [-0.4, -0.2) is 78.0 Å². The predicted octanol–water partition coefficient (Wildman–Crippen LogP) is 6.32. The maximum Gasteiger partial charge on any atom is 0.303 e. The molecule has 51 heavy (non-hydrogen) atoms. The Hall–Kier alpha value is -3.41. The number of rotatable bonds is 6. The molecule has 2 N–H and O–H groups in total. The molecule has 10 nitrogen and oxygen atoms in total. The second-order valence-corrected chi connectivity index (χ2v) is 19.2. The molecule has 11 heteroatoms. The molecule has 4 fully saturated rings. The number of nitrogens with one attached hydrogen (secondary N) is 1. The molecule has 5 aliphatic rings. The first-order valence-corrected chi connectivity index (χ1v) is 20.2. The van der Waals surface area contributed by atoms with Gasteiger partial charge in [-0.1, -0.05) is 46.1 Å². The highest BCUT2D eigenvalue weighted by atomic mass is 32.2. The maximum atomic E-state index is 15.3. The molecule has 8 rings (SSSR count). The molecular formula is C40H52N4O6S. The van der Waals surface area contributed by atoms with Gasteiger partial charge < -0.3 is 19.3 Å². The maximum absolute atomic E-state index is 15.3. The summed E-state index contributed by atoms with van der Waals surface area (Å²) in [7, 11) is 0.457. The number of methoxy groups -OCH3 is 1. The van der Waals surface area contributed by atoms with Crippen LogP contribution in [0.5, 0.6) is 5.75 Å². The summed E-state index contributed by atoms with van der Waals surface area (Å²) in [5, 5.41) is 12.9. The van der Waals surface area contributed by atoms with E-state index in [1.54, 1.807) is 13.2 Å². The zero-order valence-corrected chi connectivity index (χ0v) is 31.6. The number of nitrogens with zero attached hydrogens (tertiary/aromatic N) is 3. The van der Waals surface area contributed by atoms with Crippen LogP contribution in [0.2, 0.25) is 0 Å². The Morgan fingerprint density at radius 2 is 1.65 bits per heavy atom. The number of hydrogen-bond acceptors (Lipinski definition) is 6. The SMILES string of the molecule is COc1ccc2c(c1)C1CC1(C(=O)N1C3CCC1CC(O)(C(C)(C)C)C3)Cn1c-2c(C2CCCCC2)c2ccc(C(=O)NS(=O)(=O)N(C)C)cc21. The standard InChI is InChI=1S/C40H52N4O6S/c1-38(2,3)40(47)20-26-13-14-27(21-40)44(26)37(46)39-22-32(39)31-19-28(50-6)15-17-29(31)35-34(24-10-8-7-9-11-24)30-16-12-25(18-33(30)43(35)23-39)36(45)41-51(48,49)42(4)5/h12,15-19,24,26-27,32,47H,7-11,13-14,20-23H2,1-6H3,(H,41,45). The van der Waals surface area contributed by atoms with Crippen molar-refractivity contribution in [2.75, 3.05) is 21.2 Å². The van der Waals surface area contributed by atoms with Crippen LogP contribution in [0.1, 0.15) is 118 Å². The molecule has 0 spiro atoms. The van der Waals surface area contributed by atoms with Crippen molar-refractivity contribution in [1.29, 1.82) is 0 Å². The van der Waals surface area contributed by atoms with Crippen molar-refractivity contribution in [3.8, 4) is 17.0 Å². The van der Waals surface area contributed by atoms with Crippen molar-refractivity contribution >= 4 is 32.9 Å². The summed E-state index contributed by atoms with van der Waals surface area (Å²) in [6.45, 7) is 6.76. The second kappa shape index (κ2) is 11.8. The molecule has 3 aliphatic heterocycles. The molecule has 2 bridgehead atoms. The van der Waals surface area contributed by atoms with Gasteiger partial charge >= 0.3 is 10.2 Å². The number of benzene rings is 2. The molecule has 4 unspecified atom stereocenters. The molecular weight excluding hydrogens is 665 g/mol. The number of piperidine rings is 1. The highest BCUT2D eigenvalue weighted by molar-refractivity contribution is 7.87. The van der Waals surface area contributed by atoms with Crippen LogP contribution < -0.4 is 9.46 Å². The molecule has 2 saturated carbocycles. The summed E-state index contributed by atoms with van der Waals surface area (Å²) < 4.78 is 36.5. The first-order valence-electron chi connectivity index (χ1n) is 18.7. The van der Waals surface area contributed by atoms with Crippen LogP contribution in [0.4, 0.5) is 0 Å². The smallest absolute Gasteiger partial charge is 0.303 e. The fourth-order valence-electron chi connectivity index (χ4n) is 10.1. The first-order chi connectivity index (χ1) is 24.1. The van der Waals surface area contributed by atoms with E-state index in [9.17, 15) is 18.3 Å². The predicted molar refractivity (Wildman–Crippen MR) is 197 cm³/mol. The van der Waals surface area contributed by atoms with Gasteiger partial charge in [0.25, 0.3) is 5.91 Å². The summed E-state index contributed by atoms with van der Waals surface area (Å²) in [6.07, 6.45) is 9.34. The van der Waals surface area contributed by atoms with Gasteiger partial charge in [-0.2, -0.15) is 12.7 Å².